The number of para-hydroxylation sites is 2. The average Bonchev–Trinajstić information content (AvgIpc) is 3.54. The van der Waals surface area contributed by atoms with Crippen LogP contribution in [-0.4, -0.2) is 34.4 Å². The molecule has 0 saturated carbocycles. The molecule has 0 atom stereocenters. The van der Waals surface area contributed by atoms with Gasteiger partial charge in [0.05, 0.1) is 23.7 Å². The summed E-state index contributed by atoms with van der Waals surface area (Å²) >= 11 is 0. The van der Waals surface area contributed by atoms with E-state index in [0.29, 0.717) is 13.1 Å². The highest BCUT2D eigenvalue weighted by molar-refractivity contribution is 6.30. The van der Waals surface area contributed by atoms with E-state index in [1.165, 1.54) is 10.9 Å². The van der Waals surface area contributed by atoms with Crippen LogP contribution in [0.5, 0.6) is 5.75 Å². The van der Waals surface area contributed by atoms with Crippen LogP contribution in [0.2, 0.25) is 0 Å². The molecule has 7 rings (SSSR count). The number of H-pyrrole nitrogens is 2. The Balaban J connectivity index is 1.41. The number of hydrogen-bond donors (Lipinski definition) is 2. The molecule has 5 heteroatoms. The number of nitrogens with one attached hydrogen (secondary N) is 2. The van der Waals surface area contributed by atoms with Crippen LogP contribution in [0, 0.1) is 0 Å². The average molecular weight is 446 g/mol. The van der Waals surface area contributed by atoms with Crippen LogP contribution in [0.25, 0.3) is 43.6 Å². The molecule has 2 N–H and O–H groups in total. The van der Waals surface area contributed by atoms with E-state index in [1.807, 2.05) is 35.2 Å². The van der Waals surface area contributed by atoms with Crippen LogP contribution in [0.3, 0.4) is 0 Å². The minimum absolute atomic E-state index is 0.116. The van der Waals surface area contributed by atoms with Crippen molar-refractivity contribution in [2.75, 3.05) is 13.7 Å². The molecule has 0 spiro atoms. The SMILES string of the molecule is COc1ccc(CCN2Cc3c(c4c5ccccc5[nH]c4c4[nH]c5ccccc5c34)C2=O)cc1. The maximum atomic E-state index is 13.9. The Hall–Kier alpha value is -4.25. The maximum Gasteiger partial charge on any atom is 0.255 e. The largest absolute Gasteiger partial charge is 0.497 e. The first-order valence-electron chi connectivity index (χ1n) is 11.6. The van der Waals surface area contributed by atoms with Crippen LogP contribution in [0.4, 0.5) is 0 Å². The van der Waals surface area contributed by atoms with E-state index in [1.54, 1.807) is 7.11 Å². The van der Waals surface area contributed by atoms with Crippen molar-refractivity contribution < 1.29 is 9.53 Å². The quantitative estimate of drug-likeness (QED) is 0.341. The minimum Gasteiger partial charge on any atom is -0.497 e. The number of methoxy groups -OCH3 is 1. The molecule has 6 aromatic rings. The molecule has 34 heavy (non-hydrogen) atoms. The molecule has 4 aromatic carbocycles. The van der Waals surface area contributed by atoms with Crippen molar-refractivity contribution in [1.29, 1.82) is 0 Å². The van der Waals surface area contributed by atoms with Gasteiger partial charge in [-0.2, -0.15) is 0 Å². The number of hydrogen-bond acceptors (Lipinski definition) is 2. The molecule has 0 saturated heterocycles. The van der Waals surface area contributed by atoms with Crippen molar-refractivity contribution in [3.8, 4) is 5.75 Å². The van der Waals surface area contributed by atoms with Crippen LogP contribution in [0.1, 0.15) is 21.5 Å². The Bertz CT molecular complexity index is 1740. The zero-order chi connectivity index (χ0) is 22.8. The van der Waals surface area contributed by atoms with Gasteiger partial charge in [0.1, 0.15) is 5.75 Å². The van der Waals surface area contributed by atoms with E-state index in [2.05, 4.69) is 52.4 Å². The fourth-order valence-electron chi connectivity index (χ4n) is 5.56. The highest BCUT2D eigenvalue weighted by Gasteiger charge is 2.34. The first-order valence-corrected chi connectivity index (χ1v) is 11.6. The Kier molecular flexibility index (Phi) is 4.03. The molecule has 0 radical (unpaired) electrons. The number of aromatic amines is 2. The molecule has 1 aliphatic rings. The van der Waals surface area contributed by atoms with Gasteiger partial charge in [0.15, 0.2) is 0 Å². The fourth-order valence-corrected chi connectivity index (χ4v) is 5.56. The Morgan fingerprint density at radius 2 is 1.44 bits per heavy atom. The lowest BCUT2D eigenvalue weighted by Crippen LogP contribution is -2.26. The maximum absolute atomic E-state index is 13.9. The van der Waals surface area contributed by atoms with Crippen molar-refractivity contribution in [2.45, 2.75) is 13.0 Å². The number of carbonyl (C=O) groups is 1. The van der Waals surface area contributed by atoms with Gasteiger partial charge in [0.2, 0.25) is 0 Å². The summed E-state index contributed by atoms with van der Waals surface area (Å²) in [4.78, 5) is 23.1. The minimum atomic E-state index is 0.116. The second-order valence-electron chi connectivity index (χ2n) is 9.02. The Labute approximate surface area is 195 Å². The molecule has 3 heterocycles. The van der Waals surface area contributed by atoms with Gasteiger partial charge < -0.3 is 19.6 Å². The number of benzene rings is 4. The standard InChI is InChI=1S/C29H23N3O2/c1-34-18-12-10-17(11-13-18)14-15-32-16-21-24-19-6-2-4-8-22(19)30-27(24)28-25(26(21)29(32)33)20-7-3-5-9-23(20)31-28/h2-13,30-31H,14-16H2,1H3. The summed E-state index contributed by atoms with van der Waals surface area (Å²) in [5.41, 5.74) is 7.40. The lowest BCUT2D eigenvalue weighted by Gasteiger charge is -2.15. The van der Waals surface area contributed by atoms with Gasteiger partial charge in [0.25, 0.3) is 5.91 Å². The Morgan fingerprint density at radius 3 is 2.12 bits per heavy atom. The number of amides is 1. The van der Waals surface area contributed by atoms with Crippen molar-refractivity contribution in [2.24, 2.45) is 0 Å². The number of carbonyl (C=O) groups excluding carboxylic acids is 1. The van der Waals surface area contributed by atoms with E-state index in [4.69, 9.17) is 4.74 Å². The van der Waals surface area contributed by atoms with Crippen molar-refractivity contribution in [3.63, 3.8) is 0 Å². The summed E-state index contributed by atoms with van der Waals surface area (Å²) in [5.74, 6) is 0.960. The van der Waals surface area contributed by atoms with Gasteiger partial charge in [-0.05, 0) is 41.8 Å². The third-order valence-corrected chi connectivity index (χ3v) is 7.20. The van der Waals surface area contributed by atoms with Crippen LogP contribution >= 0.6 is 0 Å². The zero-order valence-electron chi connectivity index (χ0n) is 18.8. The third kappa shape index (κ3) is 2.64. The molecule has 0 bridgehead atoms. The van der Waals surface area contributed by atoms with Crippen LogP contribution < -0.4 is 4.74 Å². The monoisotopic (exact) mass is 445 g/mol. The first-order chi connectivity index (χ1) is 16.7. The lowest BCUT2D eigenvalue weighted by molar-refractivity contribution is 0.0782. The molecule has 5 nitrogen and oxygen atoms in total. The summed E-state index contributed by atoms with van der Waals surface area (Å²) < 4.78 is 5.27. The first kappa shape index (κ1) is 19.2. The topological polar surface area (TPSA) is 61.1 Å². The normalized spacial score (nSPS) is 13.6. The predicted octanol–water partition coefficient (Wildman–Crippen LogP) is 6.16. The van der Waals surface area contributed by atoms with Gasteiger partial charge >= 0.3 is 0 Å². The van der Waals surface area contributed by atoms with E-state index in [0.717, 1.165) is 61.5 Å². The molecular formula is C29H23N3O2. The molecule has 0 fully saturated rings. The lowest BCUT2D eigenvalue weighted by atomic mass is 9.97. The van der Waals surface area contributed by atoms with Crippen LogP contribution in [0.15, 0.2) is 72.8 Å². The molecule has 0 aliphatic carbocycles. The highest BCUT2D eigenvalue weighted by atomic mass is 16.5. The summed E-state index contributed by atoms with van der Waals surface area (Å²) in [7, 11) is 1.67. The highest BCUT2D eigenvalue weighted by Crippen LogP contribution is 2.43. The van der Waals surface area contributed by atoms with E-state index >= 15 is 0 Å². The number of ether oxygens (including phenoxy) is 1. The predicted molar refractivity (Wildman–Crippen MR) is 137 cm³/mol. The second-order valence-corrected chi connectivity index (χ2v) is 9.02. The van der Waals surface area contributed by atoms with Gasteiger partial charge in [-0.3, -0.25) is 4.79 Å². The molecular weight excluding hydrogens is 422 g/mol. The molecule has 166 valence electrons. The number of nitrogens with zero attached hydrogens (tertiary/aromatic N) is 1. The summed E-state index contributed by atoms with van der Waals surface area (Å²) in [6, 6.07) is 24.7. The summed E-state index contributed by atoms with van der Waals surface area (Å²) in [6.45, 7) is 1.30. The summed E-state index contributed by atoms with van der Waals surface area (Å²) in [5, 5.41) is 4.45. The van der Waals surface area contributed by atoms with Gasteiger partial charge in [-0.25, -0.2) is 0 Å². The van der Waals surface area contributed by atoms with Crippen molar-refractivity contribution in [1.82, 2.24) is 14.9 Å². The zero-order valence-corrected chi connectivity index (χ0v) is 18.8. The fraction of sp³-hybridized carbons (Fsp3) is 0.138. The van der Waals surface area contributed by atoms with Gasteiger partial charge in [-0.15, -0.1) is 0 Å². The second kappa shape index (κ2) is 7.12. The number of rotatable bonds is 4. The van der Waals surface area contributed by atoms with E-state index in [-0.39, 0.29) is 5.91 Å². The van der Waals surface area contributed by atoms with E-state index < -0.39 is 0 Å². The van der Waals surface area contributed by atoms with E-state index in [9.17, 15) is 4.79 Å². The van der Waals surface area contributed by atoms with Crippen molar-refractivity contribution >= 4 is 49.5 Å². The molecule has 0 unspecified atom stereocenters. The van der Waals surface area contributed by atoms with Crippen LogP contribution in [-0.2, 0) is 13.0 Å². The molecule has 1 aliphatic heterocycles. The van der Waals surface area contributed by atoms with Gasteiger partial charge in [-0.1, -0.05) is 48.5 Å². The third-order valence-electron chi connectivity index (χ3n) is 7.20. The van der Waals surface area contributed by atoms with Crippen molar-refractivity contribution in [3.05, 3.63) is 89.5 Å². The molecule has 2 aromatic heterocycles. The smallest absolute Gasteiger partial charge is 0.255 e. The Morgan fingerprint density at radius 1 is 0.824 bits per heavy atom. The van der Waals surface area contributed by atoms with Gasteiger partial charge in [0, 0.05) is 45.7 Å². The number of aromatic nitrogens is 2. The summed E-state index contributed by atoms with van der Waals surface area (Å²) in [6.07, 6.45) is 0.803. The molecule has 1 amide bonds. The number of fused-ring (bicyclic) bond motifs is 10.